The number of amides is 1. The van der Waals surface area contributed by atoms with Crippen LogP contribution in [0.25, 0.3) is 0 Å². The Morgan fingerprint density at radius 3 is 2.92 bits per heavy atom. The molecular formula is C19H21NO5. The summed E-state index contributed by atoms with van der Waals surface area (Å²) in [5.74, 6) is 1.39. The number of carbonyl (C=O) groups is 2. The van der Waals surface area contributed by atoms with Crippen molar-refractivity contribution in [3.63, 3.8) is 0 Å². The Labute approximate surface area is 146 Å². The van der Waals surface area contributed by atoms with Crippen molar-refractivity contribution in [2.45, 2.75) is 30.8 Å². The van der Waals surface area contributed by atoms with Crippen LogP contribution in [0.2, 0.25) is 0 Å². The van der Waals surface area contributed by atoms with E-state index in [1.54, 1.807) is 18.1 Å². The average Bonchev–Trinajstić information content (AvgIpc) is 2.95. The second kappa shape index (κ2) is 5.79. The Kier molecular flexibility index (Phi) is 3.71. The monoisotopic (exact) mass is 343 g/mol. The summed E-state index contributed by atoms with van der Waals surface area (Å²) in [7, 11) is 2.99. The molecule has 0 bridgehead atoms. The Morgan fingerprint density at radius 1 is 1.32 bits per heavy atom. The zero-order chi connectivity index (χ0) is 17.6. The summed E-state index contributed by atoms with van der Waals surface area (Å²) in [6.07, 6.45) is 4.74. The SMILES string of the molecule is COC(=O)N1CCc2ccc(OC)c3c2[C@]2(CC1)C(=O)C=CC[C@@H]2O3. The summed E-state index contributed by atoms with van der Waals surface area (Å²) in [6.45, 7) is 1.01. The maximum atomic E-state index is 13.0. The van der Waals surface area contributed by atoms with E-state index in [9.17, 15) is 9.59 Å². The molecule has 1 spiro atoms. The van der Waals surface area contributed by atoms with Gasteiger partial charge >= 0.3 is 6.09 Å². The van der Waals surface area contributed by atoms with Crippen molar-refractivity contribution in [3.8, 4) is 11.5 Å². The molecule has 6 heteroatoms. The van der Waals surface area contributed by atoms with Gasteiger partial charge < -0.3 is 19.1 Å². The van der Waals surface area contributed by atoms with Crippen LogP contribution in [-0.2, 0) is 21.4 Å². The fourth-order valence-corrected chi connectivity index (χ4v) is 4.36. The molecule has 2 aliphatic heterocycles. The maximum Gasteiger partial charge on any atom is 0.409 e. The fraction of sp³-hybridized carbons (Fsp3) is 0.474. The summed E-state index contributed by atoms with van der Waals surface area (Å²) in [6, 6.07) is 3.86. The molecule has 25 heavy (non-hydrogen) atoms. The van der Waals surface area contributed by atoms with Gasteiger partial charge in [0.1, 0.15) is 11.5 Å². The van der Waals surface area contributed by atoms with Crippen LogP contribution in [0, 0.1) is 0 Å². The maximum absolute atomic E-state index is 13.0. The van der Waals surface area contributed by atoms with E-state index >= 15 is 0 Å². The van der Waals surface area contributed by atoms with Crippen LogP contribution < -0.4 is 9.47 Å². The lowest BCUT2D eigenvalue weighted by atomic mass is 9.66. The van der Waals surface area contributed by atoms with Crippen LogP contribution in [0.5, 0.6) is 11.5 Å². The molecule has 0 aromatic heterocycles. The normalized spacial score (nSPS) is 26.9. The van der Waals surface area contributed by atoms with Gasteiger partial charge in [-0.1, -0.05) is 12.1 Å². The van der Waals surface area contributed by atoms with E-state index in [1.807, 2.05) is 18.2 Å². The lowest BCUT2D eigenvalue weighted by Crippen LogP contribution is -2.50. The Bertz CT molecular complexity index is 771. The number of allylic oxidation sites excluding steroid dienone is 1. The van der Waals surface area contributed by atoms with Gasteiger partial charge in [-0.2, -0.15) is 0 Å². The minimum atomic E-state index is -0.749. The van der Waals surface area contributed by atoms with E-state index in [2.05, 4.69) is 0 Å². The van der Waals surface area contributed by atoms with Crippen LogP contribution in [0.3, 0.4) is 0 Å². The predicted molar refractivity (Wildman–Crippen MR) is 90.2 cm³/mol. The largest absolute Gasteiger partial charge is 0.493 e. The Hall–Kier alpha value is -2.50. The van der Waals surface area contributed by atoms with Gasteiger partial charge in [0.05, 0.1) is 14.2 Å². The van der Waals surface area contributed by atoms with Crippen LogP contribution in [0.4, 0.5) is 4.79 Å². The fourth-order valence-electron chi connectivity index (χ4n) is 4.36. The highest BCUT2D eigenvalue weighted by atomic mass is 16.5. The van der Waals surface area contributed by atoms with Crippen LogP contribution >= 0.6 is 0 Å². The molecule has 1 amide bonds. The number of benzene rings is 1. The summed E-state index contributed by atoms with van der Waals surface area (Å²) in [5, 5.41) is 0. The minimum Gasteiger partial charge on any atom is -0.493 e. The third-order valence-corrected chi connectivity index (χ3v) is 5.60. The molecule has 4 rings (SSSR count). The number of hydrogen-bond acceptors (Lipinski definition) is 5. The number of methoxy groups -OCH3 is 2. The smallest absolute Gasteiger partial charge is 0.409 e. The highest BCUT2D eigenvalue weighted by Crippen LogP contribution is 2.54. The van der Waals surface area contributed by atoms with Crippen molar-refractivity contribution < 1.29 is 23.8 Å². The van der Waals surface area contributed by atoms with E-state index in [0.717, 1.165) is 11.1 Å². The van der Waals surface area contributed by atoms with Crippen LogP contribution in [-0.4, -0.2) is 50.2 Å². The van der Waals surface area contributed by atoms with Gasteiger partial charge in [0.2, 0.25) is 0 Å². The first kappa shape index (κ1) is 16.0. The average molecular weight is 343 g/mol. The van der Waals surface area contributed by atoms with Gasteiger partial charge in [0.25, 0.3) is 0 Å². The molecule has 1 aromatic rings. The molecule has 2 atom stereocenters. The Morgan fingerprint density at radius 2 is 2.16 bits per heavy atom. The van der Waals surface area contributed by atoms with Crippen molar-refractivity contribution in [1.29, 1.82) is 0 Å². The van der Waals surface area contributed by atoms with Crippen molar-refractivity contribution >= 4 is 11.9 Å². The molecule has 0 fully saturated rings. The predicted octanol–water partition coefficient (Wildman–Crippen LogP) is 2.24. The van der Waals surface area contributed by atoms with E-state index in [1.165, 1.54) is 7.11 Å². The molecule has 3 aliphatic rings. The Balaban J connectivity index is 1.88. The molecule has 132 valence electrons. The third kappa shape index (κ3) is 2.16. The number of carbonyl (C=O) groups excluding carboxylic acids is 2. The van der Waals surface area contributed by atoms with E-state index in [4.69, 9.17) is 14.2 Å². The van der Waals surface area contributed by atoms with E-state index in [0.29, 0.717) is 43.9 Å². The number of ketones is 1. The molecule has 0 saturated carbocycles. The van der Waals surface area contributed by atoms with Crippen molar-refractivity contribution in [2.75, 3.05) is 27.3 Å². The highest BCUT2D eigenvalue weighted by Gasteiger charge is 2.56. The first-order valence-corrected chi connectivity index (χ1v) is 8.52. The first-order chi connectivity index (χ1) is 12.1. The van der Waals surface area contributed by atoms with Crippen molar-refractivity contribution in [3.05, 3.63) is 35.4 Å². The van der Waals surface area contributed by atoms with Crippen molar-refractivity contribution in [1.82, 2.24) is 4.90 Å². The second-order valence-electron chi connectivity index (χ2n) is 6.67. The summed E-state index contributed by atoms with van der Waals surface area (Å²) >= 11 is 0. The van der Waals surface area contributed by atoms with Crippen molar-refractivity contribution in [2.24, 2.45) is 0 Å². The standard InChI is InChI=1S/C19H21NO5/c1-23-13-7-6-12-8-10-20(18(22)24-2)11-9-19-14(21)4-3-5-15(19)25-17(13)16(12)19/h3-4,6-7,15H,5,8-11H2,1-2H3/t15-,19+/m0/s1. The van der Waals surface area contributed by atoms with E-state index < -0.39 is 5.41 Å². The number of rotatable bonds is 1. The zero-order valence-electron chi connectivity index (χ0n) is 14.4. The zero-order valence-corrected chi connectivity index (χ0v) is 14.4. The van der Waals surface area contributed by atoms with Gasteiger partial charge in [-0.3, -0.25) is 4.79 Å². The number of ether oxygens (including phenoxy) is 3. The third-order valence-electron chi connectivity index (χ3n) is 5.60. The summed E-state index contributed by atoms with van der Waals surface area (Å²) in [4.78, 5) is 26.8. The quantitative estimate of drug-likeness (QED) is 0.782. The van der Waals surface area contributed by atoms with Gasteiger partial charge in [-0.15, -0.1) is 0 Å². The van der Waals surface area contributed by atoms with Crippen LogP contribution in [0.15, 0.2) is 24.3 Å². The molecule has 6 nitrogen and oxygen atoms in total. The molecule has 0 radical (unpaired) electrons. The van der Waals surface area contributed by atoms with Gasteiger partial charge in [0.15, 0.2) is 17.3 Å². The minimum absolute atomic E-state index is 0.0451. The first-order valence-electron chi connectivity index (χ1n) is 8.52. The van der Waals surface area contributed by atoms with Gasteiger partial charge in [-0.25, -0.2) is 4.79 Å². The molecule has 0 saturated heterocycles. The lowest BCUT2D eigenvalue weighted by molar-refractivity contribution is -0.123. The molecule has 0 N–H and O–H groups in total. The molecule has 1 aliphatic carbocycles. The van der Waals surface area contributed by atoms with Gasteiger partial charge in [0, 0.05) is 25.1 Å². The van der Waals surface area contributed by atoms with Gasteiger partial charge in [-0.05, 0) is 30.5 Å². The molecule has 0 unspecified atom stereocenters. The van der Waals surface area contributed by atoms with E-state index in [-0.39, 0.29) is 18.0 Å². The number of hydrogen-bond donors (Lipinski definition) is 0. The highest BCUT2D eigenvalue weighted by molar-refractivity contribution is 6.02. The lowest BCUT2D eigenvalue weighted by Gasteiger charge is -2.38. The topological polar surface area (TPSA) is 65.1 Å². The molecule has 1 aromatic carbocycles. The van der Waals surface area contributed by atoms with Crippen LogP contribution in [0.1, 0.15) is 24.0 Å². The summed E-state index contributed by atoms with van der Waals surface area (Å²) < 4.78 is 16.6. The molecule has 2 heterocycles. The molecular weight excluding hydrogens is 322 g/mol. The second-order valence-corrected chi connectivity index (χ2v) is 6.67. The number of nitrogens with zero attached hydrogens (tertiary/aromatic N) is 1. The summed E-state index contributed by atoms with van der Waals surface area (Å²) in [5.41, 5.74) is 1.24.